The normalized spacial score (nSPS) is 18.0. The molecule has 0 unspecified atom stereocenters. The Hall–Kier alpha value is -1.43. The fourth-order valence-electron chi connectivity index (χ4n) is 2.81. The van der Waals surface area contributed by atoms with Crippen molar-refractivity contribution in [3.8, 4) is 0 Å². The highest BCUT2D eigenvalue weighted by molar-refractivity contribution is 5.94. The molecule has 0 saturated heterocycles. The van der Waals surface area contributed by atoms with Crippen molar-refractivity contribution in [1.82, 2.24) is 5.43 Å². The number of carbonyl (C=O) groups is 1. The maximum atomic E-state index is 11.6. The molecule has 0 saturated carbocycles. The SMILES string of the molecule is CC(C)(C)OO.CC1(C)CCC(C)(C)c2cc(C(=O)NN)ccc21. The average Bonchev–Trinajstić information content (AvgIpc) is 2.51. The lowest BCUT2D eigenvalue weighted by Gasteiger charge is -2.42. The van der Waals surface area contributed by atoms with Crippen LogP contribution in [0.1, 0.15) is 82.8 Å². The van der Waals surface area contributed by atoms with Gasteiger partial charge < -0.3 is 0 Å². The Kier molecular flexibility index (Phi) is 6.20. The summed E-state index contributed by atoms with van der Waals surface area (Å²) >= 11 is 0. The monoisotopic (exact) mass is 336 g/mol. The third kappa shape index (κ3) is 5.03. The molecule has 1 aliphatic carbocycles. The smallest absolute Gasteiger partial charge is 0.265 e. The molecule has 0 radical (unpaired) electrons. The van der Waals surface area contributed by atoms with Gasteiger partial charge in [-0.1, -0.05) is 33.8 Å². The summed E-state index contributed by atoms with van der Waals surface area (Å²) in [5, 5.41) is 7.90. The lowest BCUT2D eigenvalue weighted by molar-refractivity contribution is -0.306. The number of benzene rings is 1. The van der Waals surface area contributed by atoms with Crippen molar-refractivity contribution in [2.75, 3.05) is 0 Å². The standard InChI is InChI=1S/C15H22N2O.C4H10O2/c1-14(2)7-8-15(3,4)12-9-10(13(18)17-16)5-6-11(12)14;1-4(2,3)6-5/h5-6,9H,7-8,16H2,1-4H3,(H,17,18);5H,1-3H3. The Morgan fingerprint density at radius 1 is 1.12 bits per heavy atom. The minimum atomic E-state index is -0.403. The first kappa shape index (κ1) is 20.6. The van der Waals surface area contributed by atoms with Gasteiger partial charge in [0.15, 0.2) is 0 Å². The third-order valence-corrected chi connectivity index (χ3v) is 4.52. The van der Waals surface area contributed by atoms with E-state index in [0.29, 0.717) is 5.56 Å². The van der Waals surface area contributed by atoms with Gasteiger partial charge in [0, 0.05) is 5.56 Å². The Morgan fingerprint density at radius 2 is 1.58 bits per heavy atom. The maximum absolute atomic E-state index is 11.6. The Morgan fingerprint density at radius 3 is 2.00 bits per heavy atom. The summed E-state index contributed by atoms with van der Waals surface area (Å²) < 4.78 is 0. The van der Waals surface area contributed by atoms with Crippen LogP contribution < -0.4 is 11.3 Å². The number of hydrazine groups is 1. The highest BCUT2D eigenvalue weighted by Crippen LogP contribution is 2.45. The number of nitrogens with one attached hydrogen (secondary N) is 1. The quantitative estimate of drug-likeness (QED) is 0.314. The van der Waals surface area contributed by atoms with Crippen LogP contribution in [0.2, 0.25) is 0 Å². The number of hydrogen-bond acceptors (Lipinski definition) is 4. The van der Waals surface area contributed by atoms with Crippen LogP contribution in [-0.4, -0.2) is 16.8 Å². The summed E-state index contributed by atoms with van der Waals surface area (Å²) in [6.07, 6.45) is 2.32. The second kappa shape index (κ2) is 7.21. The van der Waals surface area contributed by atoms with Gasteiger partial charge in [0.25, 0.3) is 5.91 Å². The number of carbonyl (C=O) groups excluding carboxylic acids is 1. The molecule has 0 fully saturated rings. The van der Waals surface area contributed by atoms with Gasteiger partial charge >= 0.3 is 0 Å². The number of nitrogen functional groups attached to an aromatic ring is 1. The topological polar surface area (TPSA) is 84.6 Å². The van der Waals surface area contributed by atoms with Gasteiger partial charge in [-0.3, -0.25) is 15.5 Å². The van der Waals surface area contributed by atoms with Crippen molar-refractivity contribution in [2.45, 2.75) is 77.7 Å². The first-order chi connectivity index (χ1) is 10.8. The van der Waals surface area contributed by atoms with Crippen LogP contribution in [-0.2, 0) is 15.7 Å². The minimum Gasteiger partial charge on any atom is -0.290 e. The Labute approximate surface area is 145 Å². The molecule has 0 aliphatic heterocycles. The van der Waals surface area contributed by atoms with Gasteiger partial charge in [0.05, 0.1) is 5.60 Å². The maximum Gasteiger partial charge on any atom is 0.265 e. The number of rotatable bonds is 1. The van der Waals surface area contributed by atoms with E-state index in [1.54, 1.807) is 20.8 Å². The van der Waals surface area contributed by atoms with E-state index in [4.69, 9.17) is 11.1 Å². The Balaban J connectivity index is 0.000000413. The summed E-state index contributed by atoms with van der Waals surface area (Å²) in [5.74, 6) is 4.98. The van der Waals surface area contributed by atoms with Gasteiger partial charge in [0.2, 0.25) is 0 Å². The van der Waals surface area contributed by atoms with Crippen LogP contribution in [0.15, 0.2) is 18.2 Å². The molecule has 2 rings (SSSR count). The summed E-state index contributed by atoms with van der Waals surface area (Å²) in [6.45, 7) is 14.3. The zero-order valence-corrected chi connectivity index (χ0v) is 16.0. The van der Waals surface area contributed by atoms with E-state index in [1.807, 2.05) is 12.1 Å². The summed E-state index contributed by atoms with van der Waals surface area (Å²) in [6, 6.07) is 5.95. The van der Waals surface area contributed by atoms with Crippen LogP contribution in [0.25, 0.3) is 0 Å². The highest BCUT2D eigenvalue weighted by Gasteiger charge is 2.37. The molecule has 136 valence electrons. The fraction of sp³-hybridized carbons (Fsp3) is 0.632. The summed E-state index contributed by atoms with van der Waals surface area (Å²) in [5.41, 5.74) is 5.37. The number of fused-ring (bicyclic) bond motifs is 1. The molecule has 0 heterocycles. The van der Waals surface area contributed by atoms with Crippen molar-refractivity contribution in [3.63, 3.8) is 0 Å². The molecule has 1 aliphatic rings. The molecule has 24 heavy (non-hydrogen) atoms. The number of hydrogen-bond donors (Lipinski definition) is 3. The molecular weight excluding hydrogens is 304 g/mol. The molecule has 1 aromatic carbocycles. The van der Waals surface area contributed by atoms with Crippen LogP contribution in [0.4, 0.5) is 0 Å². The third-order valence-electron chi connectivity index (χ3n) is 4.52. The molecule has 5 heteroatoms. The molecule has 0 spiro atoms. The van der Waals surface area contributed by atoms with E-state index in [2.05, 4.69) is 44.1 Å². The molecule has 1 aromatic rings. The van der Waals surface area contributed by atoms with E-state index in [0.717, 1.165) is 6.42 Å². The van der Waals surface area contributed by atoms with Crippen molar-refractivity contribution in [1.29, 1.82) is 0 Å². The zero-order valence-electron chi connectivity index (χ0n) is 16.0. The largest absolute Gasteiger partial charge is 0.290 e. The van der Waals surface area contributed by atoms with Crippen LogP contribution >= 0.6 is 0 Å². The first-order valence-corrected chi connectivity index (χ1v) is 8.32. The molecule has 0 atom stereocenters. The second-order valence-electron chi connectivity index (χ2n) is 8.71. The van der Waals surface area contributed by atoms with Gasteiger partial charge in [-0.15, -0.1) is 0 Å². The van der Waals surface area contributed by atoms with Gasteiger partial charge in [-0.2, -0.15) is 0 Å². The van der Waals surface area contributed by atoms with Gasteiger partial charge in [0.1, 0.15) is 0 Å². The van der Waals surface area contributed by atoms with Crippen molar-refractivity contribution >= 4 is 5.91 Å². The van der Waals surface area contributed by atoms with Gasteiger partial charge in [-0.05, 0) is 67.7 Å². The Bertz CT molecular complexity index is 587. The number of nitrogens with two attached hydrogens (primary N) is 1. The number of amides is 1. The van der Waals surface area contributed by atoms with Crippen molar-refractivity contribution < 1.29 is 14.9 Å². The van der Waals surface area contributed by atoms with Crippen LogP contribution in [0.3, 0.4) is 0 Å². The van der Waals surface area contributed by atoms with Crippen LogP contribution in [0, 0.1) is 0 Å². The zero-order chi connectivity index (χ0) is 18.8. The van der Waals surface area contributed by atoms with Crippen molar-refractivity contribution in [3.05, 3.63) is 34.9 Å². The molecule has 5 nitrogen and oxygen atoms in total. The predicted molar refractivity (Wildman–Crippen MR) is 96.8 cm³/mol. The first-order valence-electron chi connectivity index (χ1n) is 8.32. The van der Waals surface area contributed by atoms with E-state index in [-0.39, 0.29) is 16.7 Å². The molecule has 4 N–H and O–H groups in total. The van der Waals surface area contributed by atoms with E-state index < -0.39 is 5.60 Å². The molecule has 1 amide bonds. The van der Waals surface area contributed by atoms with E-state index >= 15 is 0 Å². The van der Waals surface area contributed by atoms with Crippen LogP contribution in [0.5, 0.6) is 0 Å². The van der Waals surface area contributed by atoms with E-state index in [9.17, 15) is 4.79 Å². The highest BCUT2D eigenvalue weighted by atomic mass is 17.1. The lowest BCUT2D eigenvalue weighted by Crippen LogP contribution is -2.35. The summed E-state index contributed by atoms with van der Waals surface area (Å²) in [7, 11) is 0. The molecule has 0 aromatic heterocycles. The fourth-order valence-corrected chi connectivity index (χ4v) is 2.81. The molecule has 0 bridgehead atoms. The summed E-state index contributed by atoms with van der Waals surface area (Å²) in [4.78, 5) is 15.6. The van der Waals surface area contributed by atoms with E-state index in [1.165, 1.54) is 17.5 Å². The van der Waals surface area contributed by atoms with Crippen molar-refractivity contribution in [2.24, 2.45) is 5.84 Å². The lowest BCUT2D eigenvalue weighted by atomic mass is 9.63. The van der Waals surface area contributed by atoms with Gasteiger partial charge in [-0.25, -0.2) is 10.7 Å². The minimum absolute atomic E-state index is 0.121. The second-order valence-corrected chi connectivity index (χ2v) is 8.71. The average molecular weight is 336 g/mol. The predicted octanol–water partition coefficient (Wildman–Crippen LogP) is 3.91. The molecular formula is C19H32N2O3.